The second kappa shape index (κ2) is 2.76. The summed E-state index contributed by atoms with van der Waals surface area (Å²) in [6, 6.07) is 0. The molecule has 11 heavy (non-hydrogen) atoms. The molecule has 0 saturated carbocycles. The average molecular weight is 157 g/mol. The second-order valence-electron chi connectivity index (χ2n) is 2.15. The molecule has 0 amide bonds. The van der Waals surface area contributed by atoms with Crippen LogP contribution in [0.5, 0.6) is 0 Å². The maximum Gasteiger partial charge on any atom is 0.238 e. The Kier molecular flexibility index (Phi) is 1.96. The smallest absolute Gasteiger partial charge is 0.212 e. The lowest BCUT2D eigenvalue weighted by Gasteiger charge is -2.14. The molecule has 0 aromatic rings. The molecular formula is C7H5F2NO. The van der Waals surface area contributed by atoms with E-state index in [2.05, 4.69) is 4.99 Å². The summed E-state index contributed by atoms with van der Waals surface area (Å²) in [4.78, 5) is 12.6. The van der Waals surface area contributed by atoms with Gasteiger partial charge in [0.05, 0.1) is 0 Å². The Balaban J connectivity index is 2.81. The SMILES string of the molecule is O=C=NC1(F)C=CC(F)=CC1. The number of hydrogen-bond acceptors (Lipinski definition) is 2. The van der Waals surface area contributed by atoms with Gasteiger partial charge in [0, 0.05) is 6.42 Å². The molecule has 0 N–H and O–H groups in total. The van der Waals surface area contributed by atoms with Crippen LogP contribution in [0, 0.1) is 0 Å². The van der Waals surface area contributed by atoms with Gasteiger partial charge >= 0.3 is 0 Å². The maximum atomic E-state index is 13.0. The van der Waals surface area contributed by atoms with E-state index in [1.165, 1.54) is 0 Å². The molecule has 0 radical (unpaired) electrons. The highest BCUT2D eigenvalue weighted by Gasteiger charge is 2.26. The van der Waals surface area contributed by atoms with Gasteiger partial charge in [-0.25, -0.2) is 13.6 Å². The number of rotatable bonds is 1. The van der Waals surface area contributed by atoms with Crippen molar-refractivity contribution in [3.05, 3.63) is 24.1 Å². The van der Waals surface area contributed by atoms with Gasteiger partial charge in [0.2, 0.25) is 11.9 Å². The predicted molar refractivity (Wildman–Crippen MR) is 34.9 cm³/mol. The highest BCUT2D eigenvalue weighted by molar-refractivity contribution is 5.37. The van der Waals surface area contributed by atoms with Crippen molar-refractivity contribution in [2.45, 2.75) is 12.2 Å². The normalized spacial score (nSPS) is 29.1. The van der Waals surface area contributed by atoms with E-state index in [-0.39, 0.29) is 6.42 Å². The first-order chi connectivity index (χ1) is 5.16. The van der Waals surface area contributed by atoms with E-state index in [0.29, 0.717) is 0 Å². The van der Waals surface area contributed by atoms with Gasteiger partial charge in [-0.05, 0) is 18.2 Å². The number of allylic oxidation sites excluding steroid dienone is 2. The molecular weight excluding hydrogens is 152 g/mol. The first-order valence-electron chi connectivity index (χ1n) is 2.99. The average Bonchev–Trinajstić information content (AvgIpc) is 1.97. The van der Waals surface area contributed by atoms with Crippen LogP contribution in [0.25, 0.3) is 0 Å². The van der Waals surface area contributed by atoms with Crippen molar-refractivity contribution in [2.75, 3.05) is 0 Å². The molecule has 0 heterocycles. The van der Waals surface area contributed by atoms with E-state index in [1.807, 2.05) is 0 Å². The van der Waals surface area contributed by atoms with Crippen molar-refractivity contribution in [1.29, 1.82) is 0 Å². The number of carbonyl (C=O) groups excluding carboxylic acids is 1. The Hall–Kier alpha value is -1.28. The highest BCUT2D eigenvalue weighted by Crippen LogP contribution is 2.26. The minimum atomic E-state index is -2.09. The van der Waals surface area contributed by atoms with Crippen molar-refractivity contribution in [3.8, 4) is 0 Å². The summed E-state index contributed by atoms with van der Waals surface area (Å²) < 4.78 is 25.3. The summed E-state index contributed by atoms with van der Waals surface area (Å²) in [5.41, 5.74) is 0. The summed E-state index contributed by atoms with van der Waals surface area (Å²) in [7, 11) is 0. The van der Waals surface area contributed by atoms with Crippen molar-refractivity contribution in [2.24, 2.45) is 4.99 Å². The molecule has 0 saturated heterocycles. The zero-order valence-electron chi connectivity index (χ0n) is 5.55. The third-order valence-electron chi connectivity index (χ3n) is 1.31. The summed E-state index contributed by atoms with van der Waals surface area (Å²) in [6.45, 7) is 0. The number of isocyanates is 1. The third-order valence-corrected chi connectivity index (χ3v) is 1.31. The van der Waals surface area contributed by atoms with Crippen molar-refractivity contribution >= 4 is 6.08 Å². The van der Waals surface area contributed by atoms with Gasteiger partial charge in [0.15, 0.2) is 0 Å². The van der Waals surface area contributed by atoms with E-state index in [4.69, 9.17) is 0 Å². The topological polar surface area (TPSA) is 29.4 Å². The highest BCUT2D eigenvalue weighted by atomic mass is 19.1. The van der Waals surface area contributed by atoms with Crippen LogP contribution in [-0.4, -0.2) is 11.9 Å². The molecule has 1 unspecified atom stereocenters. The van der Waals surface area contributed by atoms with Gasteiger partial charge in [-0.3, -0.25) is 0 Å². The van der Waals surface area contributed by atoms with Gasteiger partial charge in [-0.2, -0.15) is 4.99 Å². The van der Waals surface area contributed by atoms with Crippen molar-refractivity contribution < 1.29 is 13.6 Å². The Labute approximate surface area is 61.9 Å². The molecule has 58 valence electrons. The van der Waals surface area contributed by atoms with Gasteiger partial charge in [0.1, 0.15) is 5.83 Å². The Morgan fingerprint density at radius 3 is 2.91 bits per heavy atom. The first kappa shape index (κ1) is 7.82. The number of hydrogen-bond donors (Lipinski definition) is 0. The molecule has 4 heteroatoms. The molecule has 0 bridgehead atoms. The lowest BCUT2D eigenvalue weighted by atomic mass is 10.1. The molecule has 0 spiro atoms. The van der Waals surface area contributed by atoms with E-state index in [1.54, 1.807) is 0 Å². The summed E-state index contributed by atoms with van der Waals surface area (Å²) in [5.74, 6) is -2.60. The lowest BCUT2D eigenvalue weighted by molar-refractivity contribution is 0.241. The largest absolute Gasteiger partial charge is 0.238 e. The van der Waals surface area contributed by atoms with E-state index in [0.717, 1.165) is 24.3 Å². The van der Waals surface area contributed by atoms with Gasteiger partial charge in [-0.15, -0.1) is 0 Å². The Bertz CT molecular complexity index is 266. The van der Waals surface area contributed by atoms with Crippen LogP contribution in [0.2, 0.25) is 0 Å². The van der Waals surface area contributed by atoms with E-state index < -0.39 is 11.6 Å². The number of halogens is 2. The number of alkyl halides is 1. The predicted octanol–water partition coefficient (Wildman–Crippen LogP) is 1.80. The fourth-order valence-electron chi connectivity index (χ4n) is 0.743. The number of aliphatic imine (C=N–C) groups is 1. The summed E-state index contributed by atoms with van der Waals surface area (Å²) >= 11 is 0. The first-order valence-corrected chi connectivity index (χ1v) is 2.99. The molecule has 2 nitrogen and oxygen atoms in total. The van der Waals surface area contributed by atoms with Crippen LogP contribution in [0.4, 0.5) is 8.78 Å². The van der Waals surface area contributed by atoms with E-state index in [9.17, 15) is 13.6 Å². The summed E-state index contributed by atoms with van der Waals surface area (Å²) in [5, 5.41) is 0. The maximum absolute atomic E-state index is 13.0. The molecule has 0 aromatic heterocycles. The molecule has 0 fully saturated rings. The zero-order chi connectivity index (χ0) is 8.32. The lowest BCUT2D eigenvalue weighted by Crippen LogP contribution is -2.16. The van der Waals surface area contributed by atoms with Gasteiger partial charge < -0.3 is 0 Å². The van der Waals surface area contributed by atoms with Crippen LogP contribution in [0.1, 0.15) is 6.42 Å². The second-order valence-corrected chi connectivity index (χ2v) is 2.15. The van der Waals surface area contributed by atoms with Crippen molar-refractivity contribution in [3.63, 3.8) is 0 Å². The Morgan fingerprint density at radius 2 is 2.45 bits per heavy atom. The van der Waals surface area contributed by atoms with Crippen LogP contribution >= 0.6 is 0 Å². The van der Waals surface area contributed by atoms with E-state index >= 15 is 0 Å². The van der Waals surface area contributed by atoms with Crippen molar-refractivity contribution in [1.82, 2.24) is 0 Å². The van der Waals surface area contributed by atoms with Gasteiger partial charge in [-0.1, -0.05) is 0 Å². The zero-order valence-corrected chi connectivity index (χ0v) is 5.55. The molecule has 0 aliphatic heterocycles. The standard InChI is InChI=1S/C7H5F2NO/c8-6-1-3-7(9,4-2-6)10-5-11/h1-3H,4H2. The quantitative estimate of drug-likeness (QED) is 0.324. The van der Waals surface area contributed by atoms with Crippen LogP contribution < -0.4 is 0 Å². The Morgan fingerprint density at radius 1 is 1.73 bits per heavy atom. The van der Waals surface area contributed by atoms with Crippen LogP contribution in [-0.2, 0) is 4.79 Å². The fourth-order valence-corrected chi connectivity index (χ4v) is 0.743. The molecule has 1 rings (SSSR count). The molecule has 1 aliphatic carbocycles. The fraction of sp³-hybridized carbons (Fsp3) is 0.286. The monoisotopic (exact) mass is 157 g/mol. The summed E-state index contributed by atoms with van der Waals surface area (Å²) in [6.07, 6.45) is 3.70. The molecule has 1 aliphatic rings. The van der Waals surface area contributed by atoms with Crippen LogP contribution in [0.15, 0.2) is 29.0 Å². The minimum absolute atomic E-state index is 0.245. The minimum Gasteiger partial charge on any atom is -0.212 e. The molecule has 0 aromatic carbocycles. The molecule has 1 atom stereocenters. The number of nitrogens with zero attached hydrogens (tertiary/aromatic N) is 1. The van der Waals surface area contributed by atoms with Crippen LogP contribution in [0.3, 0.4) is 0 Å². The van der Waals surface area contributed by atoms with Gasteiger partial charge in [0.25, 0.3) is 0 Å². The third kappa shape index (κ3) is 1.82.